The highest BCUT2D eigenvalue weighted by Gasteiger charge is 2.09. The molecule has 0 saturated heterocycles. The van der Waals surface area contributed by atoms with Crippen LogP contribution in [0.2, 0.25) is 0 Å². The summed E-state index contributed by atoms with van der Waals surface area (Å²) in [5.74, 6) is 0.665. The molecule has 0 fully saturated rings. The van der Waals surface area contributed by atoms with Crippen molar-refractivity contribution in [3.8, 4) is 5.75 Å². The Hall–Kier alpha value is -1.57. The van der Waals surface area contributed by atoms with E-state index in [1.165, 1.54) is 0 Å². The molecule has 1 aromatic carbocycles. The van der Waals surface area contributed by atoms with Crippen molar-refractivity contribution in [2.24, 2.45) is 0 Å². The standard InChI is InChI=1S/C14H18O2/c1-3-7-13(8-4-2)16-14-10-6-5-9-12(14)11-15/h3,5-6,9-11,13H,1,4,7-8H2,2H3. The van der Waals surface area contributed by atoms with Gasteiger partial charge >= 0.3 is 0 Å². The van der Waals surface area contributed by atoms with Gasteiger partial charge < -0.3 is 4.74 Å². The molecule has 16 heavy (non-hydrogen) atoms. The summed E-state index contributed by atoms with van der Waals surface area (Å²) in [6.07, 6.45) is 5.63. The summed E-state index contributed by atoms with van der Waals surface area (Å²) in [5, 5.41) is 0. The molecule has 0 bridgehead atoms. The summed E-state index contributed by atoms with van der Waals surface area (Å²) < 4.78 is 5.81. The van der Waals surface area contributed by atoms with Crippen molar-refractivity contribution in [2.75, 3.05) is 0 Å². The van der Waals surface area contributed by atoms with Crippen molar-refractivity contribution in [1.29, 1.82) is 0 Å². The van der Waals surface area contributed by atoms with E-state index in [1.807, 2.05) is 24.3 Å². The first kappa shape index (κ1) is 12.5. The first-order valence-corrected chi connectivity index (χ1v) is 5.63. The molecule has 2 nitrogen and oxygen atoms in total. The quantitative estimate of drug-likeness (QED) is 0.516. The van der Waals surface area contributed by atoms with Crippen molar-refractivity contribution < 1.29 is 9.53 Å². The van der Waals surface area contributed by atoms with Crippen LogP contribution in [0.1, 0.15) is 36.5 Å². The van der Waals surface area contributed by atoms with Crippen molar-refractivity contribution in [1.82, 2.24) is 0 Å². The predicted octanol–water partition coefficient (Wildman–Crippen LogP) is 3.62. The third-order valence-corrected chi connectivity index (χ3v) is 2.38. The minimum Gasteiger partial charge on any atom is -0.489 e. The van der Waals surface area contributed by atoms with E-state index in [4.69, 9.17) is 4.74 Å². The molecule has 2 heteroatoms. The number of para-hydroxylation sites is 1. The van der Waals surface area contributed by atoms with Gasteiger partial charge in [0.05, 0.1) is 5.56 Å². The molecule has 0 aromatic heterocycles. The zero-order valence-electron chi connectivity index (χ0n) is 9.69. The minimum absolute atomic E-state index is 0.114. The van der Waals surface area contributed by atoms with Gasteiger partial charge in [0.25, 0.3) is 0 Å². The van der Waals surface area contributed by atoms with Crippen LogP contribution in [0.3, 0.4) is 0 Å². The molecule has 0 aliphatic rings. The van der Waals surface area contributed by atoms with Crippen molar-refractivity contribution >= 4 is 6.29 Å². The number of carbonyl (C=O) groups is 1. The maximum Gasteiger partial charge on any atom is 0.153 e. The summed E-state index contributed by atoms with van der Waals surface area (Å²) >= 11 is 0. The Kier molecular flexibility index (Phi) is 5.34. The normalized spacial score (nSPS) is 11.8. The highest BCUT2D eigenvalue weighted by atomic mass is 16.5. The van der Waals surface area contributed by atoms with Crippen LogP contribution >= 0.6 is 0 Å². The van der Waals surface area contributed by atoms with Crippen LogP contribution in [-0.2, 0) is 0 Å². The van der Waals surface area contributed by atoms with E-state index in [0.717, 1.165) is 25.5 Å². The van der Waals surface area contributed by atoms with E-state index in [2.05, 4.69) is 13.5 Å². The molecule has 0 radical (unpaired) electrons. The molecule has 1 aromatic rings. The fourth-order valence-corrected chi connectivity index (χ4v) is 1.60. The van der Waals surface area contributed by atoms with Crippen LogP contribution in [0.15, 0.2) is 36.9 Å². The number of ether oxygens (including phenoxy) is 1. The van der Waals surface area contributed by atoms with Gasteiger partial charge in [-0.15, -0.1) is 6.58 Å². The third kappa shape index (κ3) is 3.54. The van der Waals surface area contributed by atoms with Gasteiger partial charge in [-0.1, -0.05) is 31.6 Å². The lowest BCUT2D eigenvalue weighted by Gasteiger charge is -2.18. The van der Waals surface area contributed by atoms with Crippen LogP contribution in [0.4, 0.5) is 0 Å². The Morgan fingerprint density at radius 2 is 2.19 bits per heavy atom. The van der Waals surface area contributed by atoms with E-state index in [-0.39, 0.29) is 6.10 Å². The van der Waals surface area contributed by atoms with Crippen molar-refractivity contribution in [3.05, 3.63) is 42.5 Å². The van der Waals surface area contributed by atoms with Crippen LogP contribution in [0.5, 0.6) is 5.75 Å². The fraction of sp³-hybridized carbons (Fsp3) is 0.357. The van der Waals surface area contributed by atoms with Gasteiger partial charge in [-0.3, -0.25) is 4.79 Å². The van der Waals surface area contributed by atoms with Crippen LogP contribution in [-0.4, -0.2) is 12.4 Å². The predicted molar refractivity (Wildman–Crippen MR) is 66.0 cm³/mol. The topological polar surface area (TPSA) is 26.3 Å². The summed E-state index contributed by atoms with van der Waals surface area (Å²) in [6, 6.07) is 7.30. The number of aldehydes is 1. The second-order valence-corrected chi connectivity index (χ2v) is 3.71. The Balaban J connectivity index is 2.75. The number of carbonyl (C=O) groups excluding carboxylic acids is 1. The molecule has 0 aliphatic heterocycles. The van der Waals surface area contributed by atoms with Crippen molar-refractivity contribution in [2.45, 2.75) is 32.3 Å². The Bertz CT molecular complexity index is 344. The molecule has 0 saturated carbocycles. The van der Waals surface area contributed by atoms with Crippen molar-refractivity contribution in [3.63, 3.8) is 0 Å². The van der Waals surface area contributed by atoms with Gasteiger partial charge in [0.2, 0.25) is 0 Å². The largest absolute Gasteiger partial charge is 0.489 e. The molecule has 0 spiro atoms. The van der Waals surface area contributed by atoms with Gasteiger partial charge in [0, 0.05) is 6.42 Å². The second-order valence-electron chi connectivity index (χ2n) is 3.71. The molecule has 1 atom stereocenters. The number of rotatable bonds is 7. The lowest BCUT2D eigenvalue weighted by molar-refractivity contribution is 0.111. The average Bonchev–Trinajstić information content (AvgIpc) is 2.30. The monoisotopic (exact) mass is 218 g/mol. The minimum atomic E-state index is 0.114. The third-order valence-electron chi connectivity index (χ3n) is 2.38. The number of benzene rings is 1. The SMILES string of the molecule is C=CCC(CCC)Oc1ccccc1C=O. The molecule has 0 heterocycles. The van der Waals surface area contributed by atoms with Gasteiger partial charge in [-0.25, -0.2) is 0 Å². The maximum absolute atomic E-state index is 10.8. The average molecular weight is 218 g/mol. The van der Waals surface area contributed by atoms with Crippen LogP contribution in [0.25, 0.3) is 0 Å². The van der Waals surface area contributed by atoms with E-state index in [1.54, 1.807) is 6.07 Å². The Labute approximate surface area is 96.9 Å². The van der Waals surface area contributed by atoms with E-state index in [0.29, 0.717) is 11.3 Å². The Morgan fingerprint density at radius 1 is 1.44 bits per heavy atom. The summed E-state index contributed by atoms with van der Waals surface area (Å²) in [4.78, 5) is 10.8. The lowest BCUT2D eigenvalue weighted by atomic mass is 10.1. The van der Waals surface area contributed by atoms with Gasteiger partial charge in [-0.2, -0.15) is 0 Å². The molecular formula is C14H18O2. The molecule has 86 valence electrons. The maximum atomic E-state index is 10.8. The zero-order valence-corrected chi connectivity index (χ0v) is 9.69. The van der Waals surface area contributed by atoms with Gasteiger partial charge in [0.15, 0.2) is 6.29 Å². The van der Waals surface area contributed by atoms with E-state index in [9.17, 15) is 4.79 Å². The highest BCUT2D eigenvalue weighted by molar-refractivity contribution is 5.79. The fourth-order valence-electron chi connectivity index (χ4n) is 1.60. The summed E-state index contributed by atoms with van der Waals surface area (Å²) in [5.41, 5.74) is 0.604. The summed E-state index contributed by atoms with van der Waals surface area (Å²) in [7, 11) is 0. The molecular weight excluding hydrogens is 200 g/mol. The molecule has 0 aliphatic carbocycles. The van der Waals surface area contributed by atoms with Gasteiger partial charge in [-0.05, 0) is 18.6 Å². The Morgan fingerprint density at radius 3 is 2.81 bits per heavy atom. The lowest BCUT2D eigenvalue weighted by Crippen LogP contribution is -2.16. The van der Waals surface area contributed by atoms with Crippen LogP contribution in [0, 0.1) is 0 Å². The zero-order chi connectivity index (χ0) is 11.8. The number of hydrogen-bond donors (Lipinski definition) is 0. The number of hydrogen-bond acceptors (Lipinski definition) is 2. The molecule has 1 unspecified atom stereocenters. The molecule has 1 rings (SSSR count). The van der Waals surface area contributed by atoms with E-state index >= 15 is 0 Å². The summed E-state index contributed by atoms with van der Waals surface area (Å²) in [6.45, 7) is 5.83. The highest BCUT2D eigenvalue weighted by Crippen LogP contribution is 2.20. The molecule has 0 amide bonds. The first-order valence-electron chi connectivity index (χ1n) is 5.63. The van der Waals surface area contributed by atoms with Crippen LogP contribution < -0.4 is 4.74 Å². The van der Waals surface area contributed by atoms with E-state index < -0.39 is 0 Å². The van der Waals surface area contributed by atoms with Gasteiger partial charge in [0.1, 0.15) is 11.9 Å². The first-order chi connectivity index (χ1) is 7.81. The smallest absolute Gasteiger partial charge is 0.153 e. The second kappa shape index (κ2) is 6.83. The molecule has 0 N–H and O–H groups in total.